The maximum Gasteiger partial charge on any atom is 0.433 e. The Kier molecular flexibility index (Phi) is 6.45. The number of ether oxygens (including phenoxy) is 1. The Morgan fingerprint density at radius 3 is 2.56 bits per heavy atom. The number of nitrogens with one attached hydrogen (secondary N) is 1. The van der Waals surface area contributed by atoms with Gasteiger partial charge in [-0.25, -0.2) is 14.3 Å². The minimum atomic E-state index is -4.72. The van der Waals surface area contributed by atoms with Crippen molar-refractivity contribution in [3.63, 3.8) is 0 Å². The van der Waals surface area contributed by atoms with E-state index >= 15 is 0 Å². The SMILES string of the molecule is CCOC(=O)c1cc(C)sc1NC(=O)c1cc2nc(-c3ccc(CC)s3)cc(C(F)(F)F)n2n1. The van der Waals surface area contributed by atoms with Gasteiger partial charge in [0.1, 0.15) is 5.00 Å². The molecule has 34 heavy (non-hydrogen) atoms. The van der Waals surface area contributed by atoms with E-state index in [9.17, 15) is 22.8 Å². The number of hydrogen-bond acceptors (Lipinski definition) is 7. The number of carbonyl (C=O) groups excluding carboxylic acids is 2. The zero-order valence-corrected chi connectivity index (χ0v) is 20.0. The lowest BCUT2D eigenvalue weighted by Crippen LogP contribution is -2.16. The molecular weight excluding hydrogens is 489 g/mol. The van der Waals surface area contributed by atoms with Crippen molar-refractivity contribution in [1.29, 1.82) is 0 Å². The monoisotopic (exact) mass is 508 g/mol. The van der Waals surface area contributed by atoms with Crippen LogP contribution >= 0.6 is 22.7 Å². The minimum Gasteiger partial charge on any atom is -0.462 e. The average Bonchev–Trinajstić information content (AvgIpc) is 3.50. The third-order valence-electron chi connectivity index (χ3n) is 4.79. The number of thiophene rings is 2. The molecule has 4 aromatic heterocycles. The topological polar surface area (TPSA) is 85.6 Å². The molecule has 0 fully saturated rings. The fourth-order valence-electron chi connectivity index (χ4n) is 3.25. The Labute approximate surface area is 200 Å². The summed E-state index contributed by atoms with van der Waals surface area (Å²) in [4.78, 5) is 31.7. The maximum atomic E-state index is 13.8. The highest BCUT2D eigenvalue weighted by Gasteiger charge is 2.36. The van der Waals surface area contributed by atoms with Crippen LogP contribution in [-0.2, 0) is 17.3 Å². The van der Waals surface area contributed by atoms with Gasteiger partial charge in [-0.3, -0.25) is 4.79 Å². The van der Waals surface area contributed by atoms with Crippen molar-refractivity contribution in [2.75, 3.05) is 11.9 Å². The van der Waals surface area contributed by atoms with Crippen LogP contribution in [0.1, 0.15) is 50.1 Å². The number of fused-ring (bicyclic) bond motifs is 1. The summed E-state index contributed by atoms with van der Waals surface area (Å²) in [6, 6.07) is 7.26. The van der Waals surface area contributed by atoms with Gasteiger partial charge in [0.25, 0.3) is 5.91 Å². The smallest absolute Gasteiger partial charge is 0.433 e. The molecule has 0 radical (unpaired) electrons. The molecule has 4 aromatic rings. The molecule has 12 heteroatoms. The van der Waals surface area contributed by atoms with Gasteiger partial charge in [-0.2, -0.15) is 18.3 Å². The number of hydrogen-bond donors (Lipinski definition) is 1. The maximum absolute atomic E-state index is 13.8. The molecule has 4 heterocycles. The normalized spacial score (nSPS) is 11.7. The molecule has 0 aromatic carbocycles. The summed E-state index contributed by atoms with van der Waals surface area (Å²) in [5, 5.41) is 6.65. The van der Waals surface area contributed by atoms with E-state index in [2.05, 4.69) is 15.4 Å². The molecule has 0 spiro atoms. The van der Waals surface area contributed by atoms with Crippen LogP contribution in [0.3, 0.4) is 0 Å². The first-order chi connectivity index (χ1) is 16.1. The quantitative estimate of drug-likeness (QED) is 0.331. The molecule has 0 aliphatic heterocycles. The molecular formula is C22H19F3N4O3S2. The number of nitrogens with zero attached hydrogens (tertiary/aromatic N) is 3. The summed E-state index contributed by atoms with van der Waals surface area (Å²) in [6.45, 7) is 5.53. The van der Waals surface area contributed by atoms with E-state index in [-0.39, 0.29) is 34.2 Å². The van der Waals surface area contributed by atoms with Crippen molar-refractivity contribution in [2.45, 2.75) is 33.4 Å². The summed E-state index contributed by atoms with van der Waals surface area (Å²) in [5.74, 6) is -1.37. The molecule has 0 aliphatic carbocycles. The molecule has 7 nitrogen and oxygen atoms in total. The summed E-state index contributed by atoms with van der Waals surface area (Å²) in [5.41, 5.74) is -1.11. The van der Waals surface area contributed by atoms with Crippen LogP contribution in [0.4, 0.5) is 18.2 Å². The number of aromatic nitrogens is 3. The molecule has 178 valence electrons. The predicted octanol–water partition coefficient (Wildman–Crippen LogP) is 5.84. The van der Waals surface area contributed by atoms with Gasteiger partial charge < -0.3 is 10.1 Å². The molecule has 0 atom stereocenters. The molecule has 0 bridgehead atoms. The van der Waals surface area contributed by atoms with Crippen LogP contribution < -0.4 is 5.32 Å². The molecule has 0 saturated carbocycles. The van der Waals surface area contributed by atoms with Gasteiger partial charge in [0, 0.05) is 15.8 Å². The summed E-state index contributed by atoms with van der Waals surface area (Å²) >= 11 is 2.51. The summed E-state index contributed by atoms with van der Waals surface area (Å²) in [6.07, 6.45) is -3.96. The lowest BCUT2D eigenvalue weighted by atomic mass is 10.2. The molecule has 0 unspecified atom stereocenters. The van der Waals surface area contributed by atoms with E-state index in [1.165, 1.54) is 17.4 Å². The van der Waals surface area contributed by atoms with E-state index in [0.717, 1.165) is 33.6 Å². The largest absolute Gasteiger partial charge is 0.462 e. The zero-order valence-electron chi connectivity index (χ0n) is 18.3. The summed E-state index contributed by atoms with van der Waals surface area (Å²) < 4.78 is 47.1. The molecule has 4 rings (SSSR count). The highest BCUT2D eigenvalue weighted by atomic mass is 32.1. The Balaban J connectivity index is 1.73. The van der Waals surface area contributed by atoms with Gasteiger partial charge in [0.15, 0.2) is 17.0 Å². The highest BCUT2D eigenvalue weighted by Crippen LogP contribution is 2.35. The highest BCUT2D eigenvalue weighted by molar-refractivity contribution is 7.16. The number of amides is 1. The first-order valence-electron chi connectivity index (χ1n) is 10.3. The van der Waals surface area contributed by atoms with Crippen LogP contribution in [0.15, 0.2) is 30.3 Å². The van der Waals surface area contributed by atoms with E-state index in [0.29, 0.717) is 9.39 Å². The number of anilines is 1. The molecule has 1 amide bonds. The van der Waals surface area contributed by atoms with Crippen molar-refractivity contribution in [3.8, 4) is 10.6 Å². The Hall–Kier alpha value is -3.25. The third kappa shape index (κ3) is 4.68. The second-order valence-electron chi connectivity index (χ2n) is 7.22. The van der Waals surface area contributed by atoms with E-state index < -0.39 is 23.7 Å². The fraction of sp³-hybridized carbons (Fsp3) is 0.273. The first kappa shape index (κ1) is 23.9. The Morgan fingerprint density at radius 2 is 1.91 bits per heavy atom. The van der Waals surface area contributed by atoms with Crippen LogP contribution in [0.25, 0.3) is 16.2 Å². The van der Waals surface area contributed by atoms with Crippen molar-refractivity contribution >= 4 is 45.2 Å². The Morgan fingerprint density at radius 1 is 1.15 bits per heavy atom. The van der Waals surface area contributed by atoms with Gasteiger partial charge in [-0.15, -0.1) is 22.7 Å². The molecule has 1 N–H and O–H groups in total. The van der Waals surface area contributed by atoms with E-state index in [4.69, 9.17) is 4.74 Å². The number of carbonyl (C=O) groups is 2. The van der Waals surface area contributed by atoms with Gasteiger partial charge in [0.2, 0.25) is 0 Å². The first-order valence-corrected chi connectivity index (χ1v) is 11.9. The van der Waals surface area contributed by atoms with E-state index in [1.54, 1.807) is 26.0 Å². The van der Waals surface area contributed by atoms with Gasteiger partial charge >= 0.3 is 12.1 Å². The van der Waals surface area contributed by atoms with Crippen molar-refractivity contribution in [2.24, 2.45) is 0 Å². The minimum absolute atomic E-state index is 0.116. The number of alkyl halides is 3. The lowest BCUT2D eigenvalue weighted by Gasteiger charge is -2.10. The van der Waals surface area contributed by atoms with Gasteiger partial charge in [-0.05, 0) is 44.5 Å². The Bertz CT molecular complexity index is 1390. The fourth-order valence-corrected chi connectivity index (χ4v) is 5.06. The average molecular weight is 509 g/mol. The van der Waals surface area contributed by atoms with Crippen LogP contribution in [0.2, 0.25) is 0 Å². The summed E-state index contributed by atoms with van der Waals surface area (Å²) in [7, 11) is 0. The second-order valence-corrected chi connectivity index (χ2v) is 9.64. The van der Waals surface area contributed by atoms with Gasteiger partial charge in [-0.1, -0.05) is 6.92 Å². The van der Waals surface area contributed by atoms with Gasteiger partial charge in [0.05, 0.1) is 22.7 Å². The standard InChI is InChI=1S/C22H19F3N4O3S2/c1-4-12-6-7-16(34-12)14-9-17(22(23,24)25)29-18(26-14)10-15(28-29)19(30)27-20-13(8-11(3)33-20)21(31)32-5-2/h6-10H,4-5H2,1-3H3,(H,27,30). The molecule has 0 aliphatic rings. The van der Waals surface area contributed by atoms with E-state index in [1.807, 2.05) is 13.0 Å². The van der Waals surface area contributed by atoms with Crippen LogP contribution in [0.5, 0.6) is 0 Å². The molecule has 0 saturated heterocycles. The zero-order chi connectivity index (χ0) is 24.6. The van der Waals surface area contributed by atoms with Crippen molar-refractivity contribution in [3.05, 3.63) is 57.0 Å². The van der Waals surface area contributed by atoms with Crippen molar-refractivity contribution < 1.29 is 27.5 Å². The lowest BCUT2D eigenvalue weighted by molar-refractivity contribution is -0.142. The van der Waals surface area contributed by atoms with Crippen LogP contribution in [0, 0.1) is 6.92 Å². The number of rotatable bonds is 6. The second kappa shape index (κ2) is 9.18. The predicted molar refractivity (Wildman–Crippen MR) is 124 cm³/mol. The van der Waals surface area contributed by atoms with Crippen molar-refractivity contribution in [1.82, 2.24) is 14.6 Å². The number of aryl methyl sites for hydroxylation is 2. The number of halogens is 3. The number of esters is 1. The third-order valence-corrected chi connectivity index (χ3v) is 7.01. The van der Waals surface area contributed by atoms with Crippen LogP contribution in [-0.4, -0.2) is 33.1 Å².